The maximum absolute atomic E-state index is 2.65. The van der Waals surface area contributed by atoms with Gasteiger partial charge >= 0.3 is 0 Å². The monoisotopic (exact) mass is 501 g/mol. The Morgan fingerprint density at radius 3 is 1.53 bits per heavy atom. The molecule has 212 valence electrons. The zero-order valence-corrected chi connectivity index (χ0v) is 25.6. The second kappa shape index (κ2) is 30.4. The summed E-state index contributed by atoms with van der Waals surface area (Å²) in [6, 6.07) is 0. The summed E-state index contributed by atoms with van der Waals surface area (Å²) in [5, 5.41) is 0. The summed E-state index contributed by atoms with van der Waals surface area (Å²) in [6.07, 6.45) is 46.7. The van der Waals surface area contributed by atoms with Gasteiger partial charge in [0.1, 0.15) is 0 Å². The molecule has 0 aliphatic heterocycles. The quantitative estimate of drug-likeness (QED) is 0.0740. The van der Waals surface area contributed by atoms with Gasteiger partial charge in [-0.3, -0.25) is 0 Å². The van der Waals surface area contributed by atoms with E-state index in [-0.39, 0.29) is 0 Å². The number of rotatable bonds is 28. The average Bonchev–Trinajstić information content (AvgIpc) is 2.89. The van der Waals surface area contributed by atoms with E-state index in [4.69, 9.17) is 0 Å². The fourth-order valence-corrected chi connectivity index (χ4v) is 5.26. The summed E-state index contributed by atoms with van der Waals surface area (Å²) in [5.41, 5.74) is 1.80. The zero-order chi connectivity index (χ0) is 26.4. The van der Waals surface area contributed by atoms with Crippen LogP contribution in [0.5, 0.6) is 0 Å². The van der Waals surface area contributed by atoms with Gasteiger partial charge in [0.2, 0.25) is 0 Å². The van der Waals surface area contributed by atoms with Gasteiger partial charge in [-0.1, -0.05) is 160 Å². The van der Waals surface area contributed by atoms with E-state index in [0.717, 1.165) is 12.3 Å². The Labute approximate surface area is 229 Å². The van der Waals surface area contributed by atoms with Crippen LogP contribution in [0.15, 0.2) is 36.0 Å². The molecule has 0 aromatic carbocycles. The largest absolute Gasteiger partial charge is 0.0885 e. The molecule has 0 N–H and O–H groups in total. The van der Waals surface area contributed by atoms with Gasteiger partial charge in [0, 0.05) is 0 Å². The van der Waals surface area contributed by atoms with Crippen LogP contribution in [0.1, 0.15) is 188 Å². The molecule has 0 aromatic heterocycles. The van der Waals surface area contributed by atoms with Gasteiger partial charge in [-0.15, -0.1) is 0 Å². The Bertz CT molecular complexity index is 494. The molecular weight excluding hydrogens is 432 g/mol. The average molecular weight is 501 g/mol. The van der Waals surface area contributed by atoms with Crippen LogP contribution < -0.4 is 0 Å². The Hall–Kier alpha value is -0.780. The van der Waals surface area contributed by atoms with Gasteiger partial charge < -0.3 is 0 Å². The van der Waals surface area contributed by atoms with Crippen LogP contribution in [0.4, 0.5) is 0 Å². The summed E-state index contributed by atoms with van der Waals surface area (Å²) in [7, 11) is 0. The minimum absolute atomic E-state index is 0.806. The first-order chi connectivity index (χ1) is 17.8. The van der Waals surface area contributed by atoms with Crippen molar-refractivity contribution >= 4 is 0 Å². The molecule has 0 heteroatoms. The van der Waals surface area contributed by atoms with E-state index in [1.54, 1.807) is 5.57 Å². The van der Waals surface area contributed by atoms with Gasteiger partial charge in [-0.05, 0) is 70.1 Å². The van der Waals surface area contributed by atoms with Crippen LogP contribution in [-0.4, -0.2) is 0 Å². The lowest BCUT2D eigenvalue weighted by Crippen LogP contribution is -2.06. The lowest BCUT2D eigenvalue weighted by Gasteiger charge is -2.21. The predicted molar refractivity (Wildman–Crippen MR) is 168 cm³/mol. The molecule has 0 aliphatic rings. The van der Waals surface area contributed by atoms with Crippen LogP contribution >= 0.6 is 0 Å². The zero-order valence-electron chi connectivity index (χ0n) is 25.6. The van der Waals surface area contributed by atoms with Crippen LogP contribution in [0.25, 0.3) is 0 Å². The highest BCUT2D eigenvalue weighted by atomic mass is 14.2. The third-order valence-electron chi connectivity index (χ3n) is 7.73. The molecular formula is C36H68. The van der Waals surface area contributed by atoms with E-state index in [2.05, 4.69) is 58.1 Å². The van der Waals surface area contributed by atoms with E-state index >= 15 is 0 Å². The van der Waals surface area contributed by atoms with Crippen LogP contribution in [0.3, 0.4) is 0 Å². The molecule has 0 saturated carbocycles. The summed E-state index contributed by atoms with van der Waals surface area (Å²) in [6.45, 7) is 9.24. The molecule has 0 nitrogen and oxygen atoms in total. The first kappa shape index (κ1) is 35.2. The Kier molecular flexibility index (Phi) is 29.8. The summed E-state index contributed by atoms with van der Waals surface area (Å²) < 4.78 is 0. The normalized spacial score (nSPS) is 13.4. The van der Waals surface area contributed by atoms with Gasteiger partial charge in [0.05, 0.1) is 0 Å². The molecule has 0 heterocycles. The van der Waals surface area contributed by atoms with Crippen molar-refractivity contribution in [2.24, 2.45) is 5.92 Å². The predicted octanol–water partition coefficient (Wildman–Crippen LogP) is 13.5. The Balaban J connectivity index is 4.98. The third-order valence-corrected chi connectivity index (χ3v) is 7.73. The summed E-state index contributed by atoms with van der Waals surface area (Å²) in [5.74, 6) is 0.806. The van der Waals surface area contributed by atoms with E-state index in [9.17, 15) is 0 Å². The molecule has 36 heavy (non-hydrogen) atoms. The highest BCUT2D eigenvalue weighted by molar-refractivity contribution is 5.10. The molecule has 0 spiro atoms. The van der Waals surface area contributed by atoms with Crippen LogP contribution in [0.2, 0.25) is 0 Å². The minimum Gasteiger partial charge on any atom is -0.0885 e. The van der Waals surface area contributed by atoms with E-state index in [0.29, 0.717) is 0 Å². The van der Waals surface area contributed by atoms with E-state index in [1.165, 1.54) is 154 Å². The van der Waals surface area contributed by atoms with E-state index in [1.807, 2.05) is 0 Å². The van der Waals surface area contributed by atoms with Crippen molar-refractivity contribution in [1.29, 1.82) is 0 Å². The van der Waals surface area contributed by atoms with Crippen molar-refractivity contribution in [2.75, 3.05) is 0 Å². The molecule has 0 rings (SSSR count). The Morgan fingerprint density at radius 1 is 0.444 bits per heavy atom. The van der Waals surface area contributed by atoms with Gasteiger partial charge in [0.25, 0.3) is 0 Å². The Morgan fingerprint density at radius 2 is 0.917 bits per heavy atom. The smallest absolute Gasteiger partial charge is 0.0166 e. The standard InChI is InChI=1S/C36H68/c1-5-9-13-17-21-25-29-33-35(31-27-23-19-15-11-7-3)36(32-28-24-20-16-12-8-4)34-30-26-22-18-14-10-6-2/h21-22,25-26,33,36H,5-20,23-24,27-32,34H2,1-4H3/b25-21+,26-22+,35-33+. The first-order valence-electron chi connectivity index (χ1n) is 16.8. The number of hydrogen-bond donors (Lipinski definition) is 0. The molecule has 0 fully saturated rings. The van der Waals surface area contributed by atoms with Crippen molar-refractivity contribution in [2.45, 2.75) is 188 Å². The topological polar surface area (TPSA) is 0 Å². The molecule has 0 bridgehead atoms. The molecule has 0 aromatic rings. The highest BCUT2D eigenvalue weighted by Crippen LogP contribution is 2.29. The summed E-state index contributed by atoms with van der Waals surface area (Å²) in [4.78, 5) is 0. The van der Waals surface area contributed by atoms with Crippen LogP contribution in [-0.2, 0) is 0 Å². The SMILES string of the molecule is CCCCC/C=C/C/C=C(\CCCCCCCC)C(CC/C=C/CCCCC)CCCCCCCC. The molecule has 0 aliphatic carbocycles. The van der Waals surface area contributed by atoms with Crippen molar-refractivity contribution < 1.29 is 0 Å². The van der Waals surface area contributed by atoms with Gasteiger partial charge in [-0.2, -0.15) is 0 Å². The van der Waals surface area contributed by atoms with Crippen molar-refractivity contribution in [3.8, 4) is 0 Å². The molecule has 0 saturated heterocycles. The van der Waals surface area contributed by atoms with Gasteiger partial charge in [0.15, 0.2) is 0 Å². The number of hydrogen-bond acceptors (Lipinski definition) is 0. The van der Waals surface area contributed by atoms with Crippen LogP contribution in [0, 0.1) is 5.92 Å². The van der Waals surface area contributed by atoms with Crippen molar-refractivity contribution in [1.82, 2.24) is 0 Å². The van der Waals surface area contributed by atoms with Crippen molar-refractivity contribution in [3.05, 3.63) is 36.0 Å². The number of unbranched alkanes of at least 4 members (excludes halogenated alkanes) is 16. The first-order valence-corrected chi connectivity index (χ1v) is 16.8. The van der Waals surface area contributed by atoms with E-state index < -0.39 is 0 Å². The molecule has 0 radical (unpaired) electrons. The fraction of sp³-hybridized carbons (Fsp3) is 0.833. The second-order valence-corrected chi connectivity index (χ2v) is 11.3. The lowest BCUT2D eigenvalue weighted by molar-refractivity contribution is 0.459. The number of allylic oxidation sites excluding steroid dienone is 6. The third kappa shape index (κ3) is 24.9. The maximum atomic E-state index is 2.65. The minimum atomic E-state index is 0.806. The fourth-order valence-electron chi connectivity index (χ4n) is 5.26. The highest BCUT2D eigenvalue weighted by Gasteiger charge is 2.13. The summed E-state index contributed by atoms with van der Waals surface area (Å²) >= 11 is 0. The lowest BCUT2D eigenvalue weighted by atomic mass is 9.85. The molecule has 1 unspecified atom stereocenters. The van der Waals surface area contributed by atoms with Gasteiger partial charge in [-0.25, -0.2) is 0 Å². The molecule has 1 atom stereocenters. The second-order valence-electron chi connectivity index (χ2n) is 11.3. The van der Waals surface area contributed by atoms with Crippen molar-refractivity contribution in [3.63, 3.8) is 0 Å². The maximum Gasteiger partial charge on any atom is -0.0166 e. The molecule has 0 amide bonds.